The molecule has 0 unspecified atom stereocenters. The molecule has 1 aliphatic rings. The van der Waals surface area contributed by atoms with Gasteiger partial charge in [-0.1, -0.05) is 30.3 Å². The molecule has 0 radical (unpaired) electrons. The molecule has 2 aromatic rings. The number of carbonyl (C=O) groups is 1. The Morgan fingerprint density at radius 2 is 1.62 bits per heavy atom. The number of methoxy groups -OCH3 is 3. The highest BCUT2D eigenvalue weighted by Gasteiger charge is 2.25. The van der Waals surface area contributed by atoms with Crippen LogP contribution in [0.4, 0.5) is 0 Å². The molecule has 1 fully saturated rings. The van der Waals surface area contributed by atoms with E-state index in [1.54, 1.807) is 21.3 Å². The number of quaternary nitrogens is 1. The minimum absolute atomic E-state index is 0.247. The normalized spacial score (nSPS) is 14.5. The van der Waals surface area contributed by atoms with Crippen LogP contribution in [0.3, 0.4) is 0 Å². The van der Waals surface area contributed by atoms with Crippen molar-refractivity contribution in [1.82, 2.24) is 4.90 Å². The number of benzene rings is 2. The molecule has 1 N–H and O–H groups in total. The van der Waals surface area contributed by atoms with Crippen molar-refractivity contribution >= 4 is 5.91 Å². The van der Waals surface area contributed by atoms with Crippen molar-refractivity contribution in [2.75, 3.05) is 47.5 Å². The van der Waals surface area contributed by atoms with E-state index in [-0.39, 0.29) is 5.91 Å². The van der Waals surface area contributed by atoms with Crippen molar-refractivity contribution in [3.63, 3.8) is 0 Å². The van der Waals surface area contributed by atoms with Gasteiger partial charge < -0.3 is 24.0 Å². The van der Waals surface area contributed by atoms with Gasteiger partial charge in [0.15, 0.2) is 11.5 Å². The third-order valence-electron chi connectivity index (χ3n) is 5.52. The first-order valence-electron chi connectivity index (χ1n) is 10.1. The summed E-state index contributed by atoms with van der Waals surface area (Å²) in [6.07, 6.45) is 1.37. The van der Waals surface area contributed by atoms with E-state index in [1.165, 1.54) is 10.5 Å². The maximum Gasteiger partial charge on any atom is 0.223 e. The zero-order valence-electron chi connectivity index (χ0n) is 17.6. The van der Waals surface area contributed by atoms with Crippen LogP contribution in [0.25, 0.3) is 0 Å². The van der Waals surface area contributed by atoms with Gasteiger partial charge in [0.05, 0.1) is 53.1 Å². The van der Waals surface area contributed by atoms with Crippen molar-refractivity contribution in [3.8, 4) is 17.2 Å². The Morgan fingerprint density at radius 3 is 2.24 bits per heavy atom. The number of hydrogen-bond acceptors (Lipinski definition) is 4. The number of piperazine rings is 1. The summed E-state index contributed by atoms with van der Waals surface area (Å²) in [5.41, 5.74) is 2.30. The van der Waals surface area contributed by atoms with Gasteiger partial charge >= 0.3 is 0 Å². The second kappa shape index (κ2) is 10.2. The summed E-state index contributed by atoms with van der Waals surface area (Å²) in [5.74, 6) is 2.26. The lowest BCUT2D eigenvalue weighted by atomic mass is 10.1. The predicted octanol–water partition coefficient (Wildman–Crippen LogP) is 1.57. The lowest BCUT2D eigenvalue weighted by molar-refractivity contribution is -0.917. The number of amides is 1. The molecule has 1 amide bonds. The molecule has 1 aliphatic heterocycles. The van der Waals surface area contributed by atoms with Crippen LogP contribution in [0.2, 0.25) is 0 Å². The Labute approximate surface area is 173 Å². The smallest absolute Gasteiger partial charge is 0.223 e. The molecular formula is C23H31N2O4+. The fourth-order valence-corrected chi connectivity index (χ4v) is 3.87. The van der Waals surface area contributed by atoms with Gasteiger partial charge in [-0.25, -0.2) is 0 Å². The van der Waals surface area contributed by atoms with Gasteiger partial charge in [-0.3, -0.25) is 4.79 Å². The van der Waals surface area contributed by atoms with Gasteiger partial charge in [0.1, 0.15) is 6.54 Å². The monoisotopic (exact) mass is 399 g/mol. The van der Waals surface area contributed by atoms with Crippen molar-refractivity contribution in [3.05, 3.63) is 53.6 Å². The first-order chi connectivity index (χ1) is 14.2. The highest BCUT2D eigenvalue weighted by Crippen LogP contribution is 2.39. The van der Waals surface area contributed by atoms with Crippen molar-refractivity contribution in [2.24, 2.45) is 0 Å². The Kier molecular flexibility index (Phi) is 7.36. The summed E-state index contributed by atoms with van der Waals surface area (Å²) in [6, 6.07) is 14.1. The highest BCUT2D eigenvalue weighted by atomic mass is 16.5. The van der Waals surface area contributed by atoms with Crippen molar-refractivity contribution < 1.29 is 23.9 Å². The molecular weight excluding hydrogens is 368 g/mol. The number of hydrogen-bond donors (Lipinski definition) is 1. The molecule has 0 saturated carbocycles. The molecule has 1 saturated heterocycles. The Morgan fingerprint density at radius 1 is 0.931 bits per heavy atom. The molecule has 0 atom stereocenters. The van der Waals surface area contributed by atoms with E-state index in [1.807, 2.05) is 35.2 Å². The van der Waals surface area contributed by atoms with Gasteiger partial charge in [-0.05, 0) is 24.1 Å². The van der Waals surface area contributed by atoms with Crippen LogP contribution in [-0.2, 0) is 17.8 Å². The molecule has 0 spiro atoms. The van der Waals surface area contributed by atoms with E-state index in [4.69, 9.17) is 14.2 Å². The highest BCUT2D eigenvalue weighted by molar-refractivity contribution is 5.76. The topological polar surface area (TPSA) is 52.4 Å². The first-order valence-corrected chi connectivity index (χ1v) is 10.1. The second-order valence-electron chi connectivity index (χ2n) is 7.29. The minimum Gasteiger partial charge on any atom is -0.493 e. The first kappa shape index (κ1) is 21.0. The van der Waals surface area contributed by atoms with E-state index >= 15 is 0 Å². The van der Waals surface area contributed by atoms with Crippen LogP contribution in [-0.4, -0.2) is 58.3 Å². The average Bonchev–Trinajstić information content (AvgIpc) is 2.78. The van der Waals surface area contributed by atoms with E-state index in [0.29, 0.717) is 17.9 Å². The van der Waals surface area contributed by atoms with Crippen LogP contribution < -0.4 is 19.1 Å². The van der Waals surface area contributed by atoms with Gasteiger partial charge in [0.25, 0.3) is 0 Å². The summed E-state index contributed by atoms with van der Waals surface area (Å²) < 4.78 is 16.5. The third-order valence-corrected chi connectivity index (χ3v) is 5.52. The van der Waals surface area contributed by atoms with Gasteiger partial charge in [-0.2, -0.15) is 0 Å². The summed E-state index contributed by atoms with van der Waals surface area (Å²) in [6.45, 7) is 4.26. The summed E-state index contributed by atoms with van der Waals surface area (Å²) in [7, 11) is 4.90. The lowest BCUT2D eigenvalue weighted by Crippen LogP contribution is -3.13. The lowest BCUT2D eigenvalue weighted by Gasteiger charge is -2.32. The van der Waals surface area contributed by atoms with Gasteiger partial charge in [0.2, 0.25) is 11.7 Å². The number of nitrogens with one attached hydrogen (secondary N) is 1. The van der Waals surface area contributed by atoms with Crippen LogP contribution in [0.15, 0.2) is 42.5 Å². The predicted molar refractivity (Wildman–Crippen MR) is 112 cm³/mol. The number of ether oxygens (including phenoxy) is 3. The summed E-state index contributed by atoms with van der Waals surface area (Å²) >= 11 is 0. The Bertz CT molecular complexity index is 802. The Hall–Kier alpha value is -2.73. The standard InChI is InChI=1S/C23H30N2O4/c1-27-20-11-10-19(22(28-2)23(20)29-3)17-24-13-15-25(16-14-24)21(26)12-9-18-7-5-4-6-8-18/h4-8,10-11H,9,12-17H2,1-3H3/p+1. The summed E-state index contributed by atoms with van der Waals surface area (Å²) in [5, 5.41) is 0. The molecule has 2 aromatic carbocycles. The van der Waals surface area contributed by atoms with Gasteiger partial charge in [-0.15, -0.1) is 0 Å². The fourth-order valence-electron chi connectivity index (χ4n) is 3.87. The van der Waals surface area contributed by atoms with Crippen LogP contribution in [0, 0.1) is 0 Å². The van der Waals surface area contributed by atoms with Crippen molar-refractivity contribution in [2.45, 2.75) is 19.4 Å². The van der Waals surface area contributed by atoms with Crippen LogP contribution >= 0.6 is 0 Å². The number of aryl methyl sites for hydroxylation is 1. The fraction of sp³-hybridized carbons (Fsp3) is 0.435. The molecule has 6 nitrogen and oxygen atoms in total. The van der Waals surface area contributed by atoms with E-state index < -0.39 is 0 Å². The van der Waals surface area contributed by atoms with Crippen LogP contribution in [0.5, 0.6) is 17.2 Å². The molecule has 29 heavy (non-hydrogen) atoms. The molecule has 0 bridgehead atoms. The number of rotatable bonds is 8. The summed E-state index contributed by atoms with van der Waals surface area (Å²) in [4.78, 5) is 16.0. The quantitative estimate of drug-likeness (QED) is 0.732. The zero-order valence-corrected chi connectivity index (χ0v) is 17.6. The van der Waals surface area contributed by atoms with Crippen molar-refractivity contribution in [1.29, 1.82) is 0 Å². The molecule has 156 valence electrons. The molecule has 0 aliphatic carbocycles. The van der Waals surface area contributed by atoms with E-state index in [0.717, 1.165) is 50.5 Å². The van der Waals surface area contributed by atoms with Gasteiger partial charge in [0, 0.05) is 6.42 Å². The maximum atomic E-state index is 12.6. The molecule has 0 aromatic heterocycles. The zero-order chi connectivity index (χ0) is 20.6. The molecule has 6 heteroatoms. The molecule has 3 rings (SSSR count). The third kappa shape index (κ3) is 5.21. The molecule has 1 heterocycles. The SMILES string of the molecule is COc1ccc(C[NH+]2CCN(C(=O)CCc3ccccc3)CC2)c(OC)c1OC. The maximum absolute atomic E-state index is 12.6. The number of nitrogens with zero attached hydrogens (tertiary/aromatic N) is 1. The number of carbonyl (C=O) groups excluding carboxylic acids is 1. The van der Waals surface area contributed by atoms with Crippen LogP contribution in [0.1, 0.15) is 17.5 Å². The minimum atomic E-state index is 0.247. The Balaban J connectivity index is 1.54. The second-order valence-corrected chi connectivity index (χ2v) is 7.29. The van der Waals surface area contributed by atoms with E-state index in [9.17, 15) is 4.79 Å². The largest absolute Gasteiger partial charge is 0.493 e. The average molecular weight is 400 g/mol. The van der Waals surface area contributed by atoms with E-state index in [2.05, 4.69) is 12.1 Å².